The molecule has 0 spiro atoms. The molecule has 0 saturated heterocycles. The van der Waals surface area contributed by atoms with Crippen molar-refractivity contribution >= 4 is 36.7 Å². The third kappa shape index (κ3) is 5.84. The van der Waals surface area contributed by atoms with Crippen molar-refractivity contribution in [2.24, 2.45) is 0 Å². The number of aromatic nitrogens is 4. The average molecular weight is 463 g/mol. The Morgan fingerprint density at radius 1 is 1.40 bits per heavy atom. The van der Waals surface area contributed by atoms with Gasteiger partial charge in [0, 0.05) is 6.42 Å². The summed E-state index contributed by atoms with van der Waals surface area (Å²) in [4.78, 5) is 12.1. The number of imidazole rings is 1. The van der Waals surface area contributed by atoms with Gasteiger partial charge in [0.2, 0.25) is 5.95 Å². The zero-order valence-electron chi connectivity index (χ0n) is 17.7. The van der Waals surface area contributed by atoms with Crippen LogP contribution in [0, 0.1) is 0 Å². The van der Waals surface area contributed by atoms with Crippen molar-refractivity contribution in [3.8, 4) is 0 Å². The van der Waals surface area contributed by atoms with Crippen molar-refractivity contribution in [2.45, 2.75) is 70.5 Å². The second kappa shape index (κ2) is 10.7. The highest BCUT2D eigenvalue weighted by atomic mass is 35.5. The lowest BCUT2D eigenvalue weighted by atomic mass is 10.0. The summed E-state index contributed by atoms with van der Waals surface area (Å²) in [7, 11) is -1.81. The van der Waals surface area contributed by atoms with E-state index < -0.39 is 32.6 Å². The summed E-state index contributed by atoms with van der Waals surface area (Å²) in [5, 5.41) is 19.9. The van der Waals surface area contributed by atoms with E-state index in [1.807, 2.05) is 27.7 Å². The van der Waals surface area contributed by atoms with E-state index >= 15 is 0 Å². The Bertz CT molecular complexity index is 869. The molecule has 12 heteroatoms. The van der Waals surface area contributed by atoms with Gasteiger partial charge in [0.05, 0.1) is 19.5 Å². The first-order valence-electron chi connectivity index (χ1n) is 9.87. The van der Waals surface area contributed by atoms with Crippen LogP contribution >= 0.6 is 19.6 Å². The largest absolute Gasteiger partial charge is 0.511 e. The van der Waals surface area contributed by atoms with Crippen LogP contribution in [0.15, 0.2) is 6.33 Å². The Balaban J connectivity index is 2.17. The maximum Gasteiger partial charge on any atom is 0.511 e. The van der Waals surface area contributed by atoms with Crippen molar-refractivity contribution in [1.29, 1.82) is 0 Å². The summed E-state index contributed by atoms with van der Waals surface area (Å²) in [6, 6.07) is 0. The third-order valence-corrected chi connectivity index (χ3v) is 7.08. The van der Waals surface area contributed by atoms with Crippen LogP contribution in [0.2, 0.25) is 5.15 Å². The van der Waals surface area contributed by atoms with Gasteiger partial charge in [-0.15, -0.1) is 4.52 Å². The molecule has 10 nitrogen and oxygen atoms in total. The minimum atomic E-state index is -1.81. The molecule has 2 heterocycles. The van der Waals surface area contributed by atoms with Crippen LogP contribution in [-0.4, -0.2) is 60.3 Å². The topological polar surface area (TPSA) is 146 Å². The Hall–Kier alpha value is -1.42. The number of hydrogen-bond acceptors (Lipinski definition) is 9. The van der Waals surface area contributed by atoms with Crippen molar-refractivity contribution in [2.75, 3.05) is 18.9 Å². The van der Waals surface area contributed by atoms with Crippen LogP contribution in [0.5, 0.6) is 0 Å². The molecule has 0 saturated carbocycles. The number of fused-ring (bicyclic) bond motifs is 1. The summed E-state index contributed by atoms with van der Waals surface area (Å²) in [5.74, 6) is -0.0488. The monoisotopic (exact) mass is 462 g/mol. The number of aliphatic hydroxyl groups is 2. The fourth-order valence-corrected chi connectivity index (χ4v) is 4.04. The molecule has 4 N–H and O–H groups in total. The first kappa shape index (κ1) is 24.8. The maximum atomic E-state index is 12.4. The van der Waals surface area contributed by atoms with Crippen LogP contribution in [-0.2, 0) is 13.8 Å². The van der Waals surface area contributed by atoms with Gasteiger partial charge in [-0.05, 0) is 31.3 Å². The fourth-order valence-electron chi connectivity index (χ4n) is 2.69. The van der Waals surface area contributed by atoms with Gasteiger partial charge >= 0.3 is 8.03 Å². The molecule has 0 fully saturated rings. The standard InChI is InChI=1S/C18H30ClN5O5P/c1-5-11(3)30(27)29-18(4,6-2)7-8-28-16(12(26)9-25)24-10-21-13-14(19)22-17(20)23-15(13)24/h10-12,16,25-26H,5-9H2,1-4H3,(H2,20,22,23)/q+1/t11?,12-,16?,18?/m1/s1. The molecule has 0 bridgehead atoms. The van der Waals surface area contributed by atoms with Gasteiger partial charge in [-0.3, -0.25) is 4.57 Å². The quantitative estimate of drug-likeness (QED) is 0.320. The smallest absolute Gasteiger partial charge is 0.394 e. The number of nitrogens with two attached hydrogens (primary N) is 1. The second-order valence-electron chi connectivity index (χ2n) is 7.40. The van der Waals surface area contributed by atoms with Crippen LogP contribution in [0.25, 0.3) is 11.2 Å². The Labute approximate surface area is 181 Å². The molecule has 0 aliphatic carbocycles. The number of rotatable bonds is 12. The minimum absolute atomic E-state index is 0.0389. The van der Waals surface area contributed by atoms with Crippen LogP contribution in [0.1, 0.15) is 53.2 Å². The van der Waals surface area contributed by atoms with E-state index in [0.29, 0.717) is 18.4 Å². The molecule has 0 aliphatic heterocycles. The molecule has 0 aliphatic rings. The number of nitrogens with zero attached hydrogens (tertiary/aromatic N) is 4. The lowest BCUT2D eigenvalue weighted by Crippen LogP contribution is -2.33. The molecular formula is C18H30ClN5O5P+. The molecule has 2 aromatic heterocycles. The summed E-state index contributed by atoms with van der Waals surface area (Å²) < 4.78 is 25.5. The van der Waals surface area contributed by atoms with E-state index in [1.54, 1.807) is 0 Å². The van der Waals surface area contributed by atoms with Crippen molar-refractivity contribution in [3.05, 3.63) is 11.5 Å². The molecule has 0 amide bonds. The zero-order chi connectivity index (χ0) is 22.5. The lowest BCUT2D eigenvalue weighted by Gasteiger charge is -2.27. The predicted octanol–water partition coefficient (Wildman–Crippen LogP) is 3.05. The summed E-state index contributed by atoms with van der Waals surface area (Å²) in [6.07, 6.45) is 0.980. The molecule has 5 atom stereocenters. The minimum Gasteiger partial charge on any atom is -0.394 e. The van der Waals surface area contributed by atoms with Crippen molar-refractivity contribution < 1.29 is 24.0 Å². The maximum absolute atomic E-state index is 12.4. The van der Waals surface area contributed by atoms with Crippen molar-refractivity contribution in [1.82, 2.24) is 19.5 Å². The molecule has 2 rings (SSSR count). The van der Waals surface area contributed by atoms with Crippen LogP contribution in [0.4, 0.5) is 5.95 Å². The zero-order valence-corrected chi connectivity index (χ0v) is 19.3. The number of ether oxygens (including phenoxy) is 1. The highest BCUT2D eigenvalue weighted by Crippen LogP contribution is 2.39. The molecule has 0 radical (unpaired) electrons. The van der Waals surface area contributed by atoms with Gasteiger partial charge in [-0.25, -0.2) is 4.98 Å². The van der Waals surface area contributed by atoms with E-state index in [0.717, 1.165) is 6.42 Å². The number of aliphatic hydroxyl groups excluding tert-OH is 2. The predicted molar refractivity (Wildman–Crippen MR) is 115 cm³/mol. The summed E-state index contributed by atoms with van der Waals surface area (Å²) >= 11 is 6.06. The molecule has 30 heavy (non-hydrogen) atoms. The number of nitrogen functional groups attached to an aromatic ring is 1. The lowest BCUT2D eigenvalue weighted by molar-refractivity contribution is -0.105. The molecule has 4 unspecified atom stereocenters. The first-order valence-corrected chi connectivity index (χ1v) is 11.5. The van der Waals surface area contributed by atoms with Crippen LogP contribution in [0.3, 0.4) is 0 Å². The summed E-state index contributed by atoms with van der Waals surface area (Å²) in [6.45, 7) is 7.31. The summed E-state index contributed by atoms with van der Waals surface area (Å²) in [5.41, 5.74) is 5.56. The highest BCUT2D eigenvalue weighted by Gasteiger charge is 2.38. The number of anilines is 1. The average Bonchev–Trinajstić information content (AvgIpc) is 3.13. The van der Waals surface area contributed by atoms with Gasteiger partial charge in [-0.2, -0.15) is 9.97 Å². The van der Waals surface area contributed by atoms with E-state index in [9.17, 15) is 14.8 Å². The molecule has 0 aromatic carbocycles. The van der Waals surface area contributed by atoms with Gasteiger partial charge in [0.25, 0.3) is 0 Å². The van der Waals surface area contributed by atoms with Gasteiger partial charge in [0.15, 0.2) is 22.7 Å². The van der Waals surface area contributed by atoms with E-state index in [1.165, 1.54) is 10.9 Å². The van der Waals surface area contributed by atoms with Crippen molar-refractivity contribution in [3.63, 3.8) is 0 Å². The number of hydrogen-bond donors (Lipinski definition) is 3. The van der Waals surface area contributed by atoms with Gasteiger partial charge in [-0.1, -0.05) is 25.4 Å². The first-order chi connectivity index (χ1) is 14.2. The molecular weight excluding hydrogens is 433 g/mol. The van der Waals surface area contributed by atoms with E-state index in [-0.39, 0.29) is 29.0 Å². The Morgan fingerprint density at radius 2 is 2.10 bits per heavy atom. The van der Waals surface area contributed by atoms with E-state index in [2.05, 4.69) is 15.0 Å². The Morgan fingerprint density at radius 3 is 2.70 bits per heavy atom. The van der Waals surface area contributed by atoms with Gasteiger partial charge in [0.1, 0.15) is 17.2 Å². The normalized spacial score (nSPS) is 17.5. The van der Waals surface area contributed by atoms with Gasteiger partial charge < -0.3 is 20.7 Å². The SMILES string of the molecule is CCC(C)[P+](=O)OC(C)(CC)CCOC([C@H](O)CO)n1cnc2c(Cl)nc(N)nc21. The number of halogens is 1. The Kier molecular flexibility index (Phi) is 8.90. The third-order valence-electron chi connectivity index (χ3n) is 5.12. The highest BCUT2D eigenvalue weighted by molar-refractivity contribution is 7.40. The van der Waals surface area contributed by atoms with E-state index in [4.69, 9.17) is 26.6 Å². The second-order valence-corrected chi connectivity index (χ2v) is 9.39. The van der Waals surface area contributed by atoms with Crippen LogP contribution < -0.4 is 5.73 Å². The molecule has 2 aromatic rings. The fraction of sp³-hybridized carbons (Fsp3) is 0.722. The molecule has 168 valence electrons.